The number of rotatable bonds is 1. The molecule has 1 aromatic rings. The van der Waals surface area contributed by atoms with Crippen LogP contribution in [0.5, 0.6) is 0 Å². The van der Waals surface area contributed by atoms with Gasteiger partial charge in [0.25, 0.3) is 0 Å². The molecule has 1 aliphatic rings. The molecule has 0 saturated carbocycles. The first-order valence-corrected chi connectivity index (χ1v) is 5.04. The highest BCUT2D eigenvalue weighted by Crippen LogP contribution is 2.27. The molecule has 2 rings (SSSR count). The van der Waals surface area contributed by atoms with Gasteiger partial charge in [-0.1, -0.05) is 44.2 Å². The molecule has 0 aliphatic heterocycles. The van der Waals surface area contributed by atoms with E-state index in [2.05, 4.69) is 44.2 Å². The highest BCUT2D eigenvalue weighted by atomic mass is 16.5. The summed E-state index contributed by atoms with van der Waals surface area (Å²) in [6.45, 7) is 6.39. The predicted molar refractivity (Wildman–Crippen MR) is 57.8 cm³/mol. The van der Waals surface area contributed by atoms with Crippen molar-refractivity contribution in [2.45, 2.75) is 26.7 Å². The molecule has 1 heterocycles. The SMILES string of the molecule is CC1C=Cc2noc(C(C)C)c2C=C1. The standard InChI is InChI=1S/C12H15NO/c1-8(2)12-10-6-4-9(3)5-7-11(10)13-14-12/h4-9H,1-3H3. The van der Waals surface area contributed by atoms with Crippen molar-refractivity contribution in [3.63, 3.8) is 0 Å². The third-order valence-corrected chi connectivity index (χ3v) is 2.43. The summed E-state index contributed by atoms with van der Waals surface area (Å²) in [6.07, 6.45) is 8.46. The Morgan fingerprint density at radius 3 is 2.71 bits per heavy atom. The van der Waals surface area contributed by atoms with Crippen molar-refractivity contribution in [2.75, 3.05) is 0 Å². The van der Waals surface area contributed by atoms with Crippen LogP contribution in [0, 0.1) is 5.92 Å². The van der Waals surface area contributed by atoms with Gasteiger partial charge in [-0.15, -0.1) is 0 Å². The van der Waals surface area contributed by atoms with E-state index in [1.54, 1.807) is 0 Å². The van der Waals surface area contributed by atoms with E-state index in [1.807, 2.05) is 6.08 Å². The molecule has 0 fully saturated rings. The molecule has 0 amide bonds. The molecule has 1 unspecified atom stereocenters. The molecule has 74 valence electrons. The second kappa shape index (κ2) is 3.45. The Kier molecular flexibility index (Phi) is 2.28. The third kappa shape index (κ3) is 1.52. The van der Waals surface area contributed by atoms with Crippen LogP contribution in [0.4, 0.5) is 0 Å². The lowest BCUT2D eigenvalue weighted by Crippen LogP contribution is -1.87. The average molecular weight is 189 g/mol. The van der Waals surface area contributed by atoms with E-state index in [0.29, 0.717) is 11.8 Å². The quantitative estimate of drug-likeness (QED) is 0.676. The van der Waals surface area contributed by atoms with E-state index < -0.39 is 0 Å². The summed E-state index contributed by atoms with van der Waals surface area (Å²) >= 11 is 0. The van der Waals surface area contributed by atoms with Crippen molar-refractivity contribution in [1.82, 2.24) is 5.16 Å². The molecule has 1 atom stereocenters. The molecule has 0 spiro atoms. The minimum atomic E-state index is 0.387. The normalized spacial score (nSPS) is 19.9. The maximum Gasteiger partial charge on any atom is 0.147 e. The minimum absolute atomic E-state index is 0.387. The van der Waals surface area contributed by atoms with E-state index in [4.69, 9.17) is 4.52 Å². The molecule has 0 bridgehead atoms. The van der Waals surface area contributed by atoms with E-state index in [1.165, 1.54) is 0 Å². The van der Waals surface area contributed by atoms with Gasteiger partial charge in [-0.25, -0.2) is 0 Å². The van der Waals surface area contributed by atoms with Gasteiger partial charge in [-0.2, -0.15) is 0 Å². The number of hydrogen-bond acceptors (Lipinski definition) is 2. The molecule has 0 aromatic carbocycles. The second-order valence-corrected chi connectivity index (χ2v) is 4.08. The fraction of sp³-hybridized carbons (Fsp3) is 0.417. The zero-order chi connectivity index (χ0) is 10.1. The van der Waals surface area contributed by atoms with Gasteiger partial charge in [0.05, 0.1) is 0 Å². The fourth-order valence-corrected chi connectivity index (χ4v) is 1.58. The highest BCUT2D eigenvalue weighted by Gasteiger charge is 2.16. The van der Waals surface area contributed by atoms with Crippen molar-refractivity contribution >= 4 is 12.2 Å². The van der Waals surface area contributed by atoms with Crippen molar-refractivity contribution in [2.24, 2.45) is 5.92 Å². The lowest BCUT2D eigenvalue weighted by atomic mass is 10.0. The number of hydrogen-bond donors (Lipinski definition) is 0. The molecule has 1 aliphatic carbocycles. The zero-order valence-corrected chi connectivity index (χ0v) is 8.82. The molecule has 0 N–H and O–H groups in total. The Morgan fingerprint density at radius 1 is 1.29 bits per heavy atom. The van der Waals surface area contributed by atoms with Gasteiger partial charge in [0.1, 0.15) is 11.5 Å². The molecular formula is C12H15NO. The fourth-order valence-electron chi connectivity index (χ4n) is 1.58. The summed E-state index contributed by atoms with van der Waals surface area (Å²) in [4.78, 5) is 0. The number of allylic oxidation sites excluding steroid dienone is 2. The van der Waals surface area contributed by atoms with Gasteiger partial charge in [0.2, 0.25) is 0 Å². The van der Waals surface area contributed by atoms with Crippen LogP contribution in [0.3, 0.4) is 0 Å². The Bertz CT molecular complexity index is 385. The van der Waals surface area contributed by atoms with Gasteiger partial charge >= 0.3 is 0 Å². The Balaban J connectivity index is 2.49. The Labute approximate surface area is 84.3 Å². The van der Waals surface area contributed by atoms with E-state index in [0.717, 1.165) is 17.0 Å². The highest BCUT2D eigenvalue weighted by molar-refractivity contribution is 5.66. The van der Waals surface area contributed by atoms with Gasteiger partial charge in [0.15, 0.2) is 0 Å². The van der Waals surface area contributed by atoms with E-state index in [-0.39, 0.29) is 0 Å². The summed E-state index contributed by atoms with van der Waals surface area (Å²) < 4.78 is 5.32. The number of fused-ring (bicyclic) bond motifs is 1. The first-order valence-electron chi connectivity index (χ1n) is 5.04. The zero-order valence-electron chi connectivity index (χ0n) is 8.82. The first kappa shape index (κ1) is 9.25. The smallest absolute Gasteiger partial charge is 0.147 e. The van der Waals surface area contributed by atoms with Crippen molar-refractivity contribution in [3.8, 4) is 0 Å². The Morgan fingerprint density at radius 2 is 2.00 bits per heavy atom. The van der Waals surface area contributed by atoms with Crippen LogP contribution in [0.2, 0.25) is 0 Å². The van der Waals surface area contributed by atoms with Gasteiger partial charge in [-0.3, -0.25) is 0 Å². The largest absolute Gasteiger partial charge is 0.360 e. The monoisotopic (exact) mass is 189 g/mol. The summed E-state index contributed by atoms with van der Waals surface area (Å²) in [6, 6.07) is 0. The van der Waals surface area contributed by atoms with Crippen LogP contribution in [0.15, 0.2) is 16.7 Å². The second-order valence-electron chi connectivity index (χ2n) is 4.08. The van der Waals surface area contributed by atoms with Gasteiger partial charge < -0.3 is 4.52 Å². The summed E-state index contributed by atoms with van der Waals surface area (Å²) in [7, 11) is 0. The van der Waals surface area contributed by atoms with E-state index >= 15 is 0 Å². The van der Waals surface area contributed by atoms with Crippen LogP contribution in [0.1, 0.15) is 43.7 Å². The topological polar surface area (TPSA) is 26.0 Å². The van der Waals surface area contributed by atoms with Crippen molar-refractivity contribution in [1.29, 1.82) is 0 Å². The van der Waals surface area contributed by atoms with Crippen LogP contribution in [-0.4, -0.2) is 5.16 Å². The summed E-state index contributed by atoms with van der Waals surface area (Å²) in [5, 5.41) is 4.06. The lowest BCUT2D eigenvalue weighted by Gasteiger charge is -1.99. The Hall–Kier alpha value is -1.31. The molecule has 2 nitrogen and oxygen atoms in total. The average Bonchev–Trinajstić information content (AvgIpc) is 2.46. The van der Waals surface area contributed by atoms with E-state index in [9.17, 15) is 0 Å². The summed E-state index contributed by atoms with van der Waals surface area (Å²) in [5.41, 5.74) is 2.09. The van der Waals surface area contributed by atoms with Gasteiger partial charge in [0, 0.05) is 11.5 Å². The van der Waals surface area contributed by atoms with Gasteiger partial charge in [-0.05, 0) is 12.0 Å². The maximum absolute atomic E-state index is 5.32. The first-order chi connectivity index (χ1) is 6.68. The summed E-state index contributed by atoms with van der Waals surface area (Å²) in [5.74, 6) is 1.84. The third-order valence-electron chi connectivity index (χ3n) is 2.43. The molecular weight excluding hydrogens is 174 g/mol. The number of aromatic nitrogens is 1. The molecule has 2 heteroatoms. The molecule has 1 aromatic heterocycles. The molecule has 0 saturated heterocycles. The van der Waals surface area contributed by atoms with Crippen LogP contribution in [0.25, 0.3) is 12.2 Å². The van der Waals surface area contributed by atoms with Crippen LogP contribution >= 0.6 is 0 Å². The minimum Gasteiger partial charge on any atom is -0.360 e. The number of nitrogens with zero attached hydrogens (tertiary/aromatic N) is 1. The maximum atomic E-state index is 5.32. The molecule has 0 radical (unpaired) electrons. The van der Waals surface area contributed by atoms with Crippen molar-refractivity contribution < 1.29 is 4.52 Å². The predicted octanol–water partition coefficient (Wildman–Crippen LogP) is 3.47. The van der Waals surface area contributed by atoms with Crippen molar-refractivity contribution in [3.05, 3.63) is 29.2 Å². The molecule has 14 heavy (non-hydrogen) atoms. The van der Waals surface area contributed by atoms with Crippen LogP contribution < -0.4 is 0 Å². The lowest BCUT2D eigenvalue weighted by molar-refractivity contribution is 0.369. The van der Waals surface area contributed by atoms with Crippen LogP contribution in [-0.2, 0) is 0 Å².